The van der Waals surface area contributed by atoms with Gasteiger partial charge in [0.05, 0.1) is 16.9 Å². The van der Waals surface area contributed by atoms with Gasteiger partial charge in [0.25, 0.3) is 0 Å². The van der Waals surface area contributed by atoms with Crippen LogP contribution in [0.4, 0.5) is 0 Å². The fourth-order valence-electron chi connectivity index (χ4n) is 2.93. The number of carbonyl (C=O) groups excluding carboxylic acids is 1. The van der Waals surface area contributed by atoms with Crippen molar-refractivity contribution in [3.8, 4) is 0 Å². The number of nitrogens with two attached hydrogens (primary N) is 1. The summed E-state index contributed by atoms with van der Waals surface area (Å²) in [6.07, 6.45) is 1.06. The van der Waals surface area contributed by atoms with E-state index >= 15 is 0 Å². The Morgan fingerprint density at radius 3 is 2.86 bits per heavy atom. The van der Waals surface area contributed by atoms with Crippen LogP contribution in [0.15, 0.2) is 15.9 Å². The second-order valence-corrected chi connectivity index (χ2v) is 8.46. The molecule has 0 radical (unpaired) electrons. The van der Waals surface area contributed by atoms with Gasteiger partial charge in [-0.2, -0.15) is 0 Å². The molecule has 0 bridgehead atoms. The Morgan fingerprint density at radius 2 is 2.29 bits per heavy atom. The van der Waals surface area contributed by atoms with E-state index in [2.05, 4.69) is 33.8 Å². The molecule has 21 heavy (non-hydrogen) atoms. The third-order valence-electron chi connectivity index (χ3n) is 3.84. The summed E-state index contributed by atoms with van der Waals surface area (Å²) < 4.78 is 1.11. The lowest BCUT2D eigenvalue weighted by molar-refractivity contribution is -0.133. The van der Waals surface area contributed by atoms with Crippen molar-refractivity contribution in [2.75, 3.05) is 26.2 Å². The van der Waals surface area contributed by atoms with Crippen LogP contribution in [0.3, 0.4) is 0 Å². The minimum absolute atomic E-state index is 0.198. The van der Waals surface area contributed by atoms with Crippen molar-refractivity contribution in [2.24, 2.45) is 11.7 Å². The SMILES string of the molecule is CCN(Cc1ccc(Br)s1)C(=O)CN1CC(C)CC(N)C1. The number of likely N-dealkylation sites (tertiary alicyclic amines) is 1. The average Bonchev–Trinajstić information content (AvgIpc) is 2.80. The van der Waals surface area contributed by atoms with Crippen LogP contribution >= 0.6 is 27.3 Å². The fourth-order valence-corrected chi connectivity index (χ4v) is 4.43. The van der Waals surface area contributed by atoms with Crippen molar-refractivity contribution >= 4 is 33.2 Å². The number of hydrogen-bond donors (Lipinski definition) is 1. The molecule has 2 N–H and O–H groups in total. The Labute approximate surface area is 139 Å². The highest BCUT2D eigenvalue weighted by Crippen LogP contribution is 2.23. The van der Waals surface area contributed by atoms with Gasteiger partial charge in [-0.1, -0.05) is 6.92 Å². The summed E-state index contributed by atoms with van der Waals surface area (Å²) in [4.78, 5) is 17.8. The first-order chi connectivity index (χ1) is 9.97. The van der Waals surface area contributed by atoms with Gasteiger partial charge < -0.3 is 10.6 Å². The Hall–Kier alpha value is -0.430. The zero-order chi connectivity index (χ0) is 15.4. The van der Waals surface area contributed by atoms with Crippen molar-refractivity contribution in [3.05, 3.63) is 20.8 Å². The van der Waals surface area contributed by atoms with Crippen LogP contribution in [0.5, 0.6) is 0 Å². The van der Waals surface area contributed by atoms with E-state index in [4.69, 9.17) is 5.73 Å². The van der Waals surface area contributed by atoms with Gasteiger partial charge in [0.2, 0.25) is 5.91 Å². The third kappa shape index (κ3) is 5.06. The molecule has 1 aliphatic heterocycles. The summed E-state index contributed by atoms with van der Waals surface area (Å²) >= 11 is 5.15. The van der Waals surface area contributed by atoms with E-state index in [-0.39, 0.29) is 11.9 Å². The second-order valence-electron chi connectivity index (χ2n) is 5.91. The molecule has 0 saturated carbocycles. The molecule has 6 heteroatoms. The minimum Gasteiger partial charge on any atom is -0.337 e. The number of hydrogen-bond acceptors (Lipinski definition) is 4. The lowest BCUT2D eigenvalue weighted by Gasteiger charge is -2.35. The van der Waals surface area contributed by atoms with E-state index in [1.54, 1.807) is 11.3 Å². The van der Waals surface area contributed by atoms with E-state index in [1.165, 1.54) is 4.88 Å². The van der Waals surface area contributed by atoms with Gasteiger partial charge in [0.15, 0.2) is 0 Å². The maximum atomic E-state index is 12.5. The van der Waals surface area contributed by atoms with E-state index < -0.39 is 0 Å². The Kier molecular flexibility index (Phi) is 6.22. The minimum atomic E-state index is 0.198. The Morgan fingerprint density at radius 1 is 1.52 bits per heavy atom. The molecule has 0 aromatic carbocycles. The first-order valence-corrected chi connectivity index (χ1v) is 9.08. The van der Waals surface area contributed by atoms with Crippen LogP contribution in [-0.4, -0.2) is 47.9 Å². The van der Waals surface area contributed by atoms with E-state index in [9.17, 15) is 4.79 Å². The molecule has 1 fully saturated rings. The summed E-state index contributed by atoms with van der Waals surface area (Å²) in [7, 11) is 0. The quantitative estimate of drug-likeness (QED) is 0.862. The van der Waals surface area contributed by atoms with Crippen molar-refractivity contribution in [2.45, 2.75) is 32.9 Å². The molecule has 1 aromatic heterocycles. The van der Waals surface area contributed by atoms with Crippen LogP contribution in [-0.2, 0) is 11.3 Å². The topological polar surface area (TPSA) is 49.6 Å². The first-order valence-electron chi connectivity index (χ1n) is 7.47. The molecule has 0 spiro atoms. The molecule has 0 aliphatic carbocycles. The molecule has 1 saturated heterocycles. The maximum absolute atomic E-state index is 12.5. The predicted octanol–water partition coefficient (Wildman–Crippen LogP) is 2.53. The normalized spacial score (nSPS) is 23.2. The van der Waals surface area contributed by atoms with Crippen molar-refractivity contribution in [1.82, 2.24) is 9.80 Å². The molecule has 2 rings (SSSR count). The number of carbonyl (C=O) groups is 1. The molecule has 2 atom stereocenters. The smallest absolute Gasteiger partial charge is 0.237 e. The molecule has 1 amide bonds. The second kappa shape index (κ2) is 7.72. The number of nitrogens with zero attached hydrogens (tertiary/aromatic N) is 2. The van der Waals surface area contributed by atoms with Crippen molar-refractivity contribution in [3.63, 3.8) is 0 Å². The lowest BCUT2D eigenvalue weighted by Crippen LogP contribution is -2.50. The number of amides is 1. The van der Waals surface area contributed by atoms with Gasteiger partial charge in [-0.05, 0) is 47.3 Å². The molecule has 2 unspecified atom stereocenters. The summed E-state index contributed by atoms with van der Waals surface area (Å²) in [5, 5.41) is 0. The molecule has 2 heterocycles. The predicted molar refractivity (Wildman–Crippen MR) is 91.3 cm³/mol. The van der Waals surface area contributed by atoms with E-state index in [1.807, 2.05) is 17.9 Å². The van der Waals surface area contributed by atoms with Gasteiger partial charge in [-0.15, -0.1) is 11.3 Å². The zero-order valence-corrected chi connectivity index (χ0v) is 15.1. The van der Waals surface area contributed by atoms with E-state index in [0.717, 1.165) is 29.8 Å². The van der Waals surface area contributed by atoms with Gasteiger partial charge in [-0.25, -0.2) is 0 Å². The summed E-state index contributed by atoms with van der Waals surface area (Å²) in [6.45, 7) is 7.96. The van der Waals surface area contributed by atoms with E-state index in [0.29, 0.717) is 19.0 Å². The van der Waals surface area contributed by atoms with Gasteiger partial charge in [-0.3, -0.25) is 9.69 Å². The number of likely N-dealkylation sites (N-methyl/N-ethyl adjacent to an activating group) is 1. The van der Waals surface area contributed by atoms with Crippen LogP contribution in [0, 0.1) is 5.92 Å². The summed E-state index contributed by atoms with van der Waals surface area (Å²) in [6, 6.07) is 4.30. The van der Waals surface area contributed by atoms with Crippen LogP contribution in [0.25, 0.3) is 0 Å². The number of halogens is 1. The molecule has 1 aromatic rings. The molecular formula is C15H24BrN3OS. The molecule has 1 aliphatic rings. The molecule has 118 valence electrons. The largest absolute Gasteiger partial charge is 0.337 e. The monoisotopic (exact) mass is 373 g/mol. The number of piperidine rings is 1. The van der Waals surface area contributed by atoms with Gasteiger partial charge in [0.1, 0.15) is 0 Å². The first kappa shape index (κ1) is 16.9. The highest BCUT2D eigenvalue weighted by molar-refractivity contribution is 9.11. The molecular weight excluding hydrogens is 350 g/mol. The summed E-state index contributed by atoms with van der Waals surface area (Å²) in [5.74, 6) is 0.771. The third-order valence-corrected chi connectivity index (χ3v) is 5.44. The van der Waals surface area contributed by atoms with Crippen molar-refractivity contribution in [1.29, 1.82) is 0 Å². The molecule has 4 nitrogen and oxygen atoms in total. The highest BCUT2D eigenvalue weighted by atomic mass is 79.9. The van der Waals surface area contributed by atoms with Crippen LogP contribution in [0.2, 0.25) is 0 Å². The summed E-state index contributed by atoms with van der Waals surface area (Å²) in [5.41, 5.74) is 6.06. The zero-order valence-electron chi connectivity index (χ0n) is 12.7. The Bertz CT molecular complexity index is 469. The number of rotatable bonds is 5. The van der Waals surface area contributed by atoms with Crippen LogP contribution in [0.1, 0.15) is 25.1 Å². The highest BCUT2D eigenvalue weighted by Gasteiger charge is 2.25. The van der Waals surface area contributed by atoms with Gasteiger partial charge >= 0.3 is 0 Å². The van der Waals surface area contributed by atoms with Crippen molar-refractivity contribution < 1.29 is 4.79 Å². The standard InChI is InChI=1S/C15H24BrN3OS/c1-3-19(9-13-4-5-14(16)21-13)15(20)10-18-7-11(2)6-12(17)8-18/h4-5,11-12H,3,6-10,17H2,1-2H3. The van der Waals surface area contributed by atoms with Crippen LogP contribution < -0.4 is 5.73 Å². The lowest BCUT2D eigenvalue weighted by atomic mass is 9.96. The number of thiophene rings is 1. The maximum Gasteiger partial charge on any atom is 0.237 e. The van der Waals surface area contributed by atoms with Gasteiger partial charge in [0, 0.05) is 30.6 Å². The Balaban J connectivity index is 1.90. The fraction of sp³-hybridized carbons (Fsp3) is 0.667. The average molecular weight is 374 g/mol.